The molecule has 2 aromatic carbocycles. The lowest BCUT2D eigenvalue weighted by Crippen LogP contribution is -2.03. The Kier molecular flexibility index (Phi) is 2.89. The fourth-order valence-electron chi connectivity index (χ4n) is 2.26. The molecule has 22 heavy (non-hydrogen) atoms. The summed E-state index contributed by atoms with van der Waals surface area (Å²) < 4.78 is 16.1. The van der Waals surface area contributed by atoms with Crippen LogP contribution in [-0.4, -0.2) is 11.0 Å². The van der Waals surface area contributed by atoms with E-state index in [1.807, 2.05) is 42.5 Å². The number of benzene rings is 2. The van der Waals surface area contributed by atoms with Crippen molar-refractivity contribution in [3.63, 3.8) is 0 Å². The molecule has 2 heterocycles. The van der Waals surface area contributed by atoms with E-state index in [0.717, 1.165) is 10.9 Å². The number of hydrogen-bond donors (Lipinski definition) is 0. The van der Waals surface area contributed by atoms with E-state index in [0.29, 0.717) is 17.1 Å². The number of hydrogen-bond acceptors (Lipinski definition) is 5. The maximum absolute atomic E-state index is 12.0. The van der Waals surface area contributed by atoms with Crippen molar-refractivity contribution in [2.45, 2.75) is 6.61 Å². The molecule has 5 heteroatoms. The zero-order valence-electron chi connectivity index (χ0n) is 11.5. The first-order valence-electron chi connectivity index (χ1n) is 6.80. The summed E-state index contributed by atoms with van der Waals surface area (Å²) in [6.07, 6.45) is 0. The third kappa shape index (κ3) is 2.22. The third-order valence-corrected chi connectivity index (χ3v) is 3.29. The number of furan rings is 1. The highest BCUT2D eigenvalue weighted by Gasteiger charge is 2.15. The van der Waals surface area contributed by atoms with Crippen LogP contribution in [0.3, 0.4) is 0 Å². The van der Waals surface area contributed by atoms with E-state index in [4.69, 9.17) is 13.6 Å². The van der Waals surface area contributed by atoms with Gasteiger partial charge in [0.1, 0.15) is 11.1 Å². The molecule has 4 rings (SSSR count). The van der Waals surface area contributed by atoms with Gasteiger partial charge in [0.25, 0.3) is 0 Å². The summed E-state index contributed by atoms with van der Waals surface area (Å²) in [7, 11) is 0. The Labute approximate surface area is 125 Å². The predicted octanol–water partition coefficient (Wildman–Crippen LogP) is 3.93. The summed E-state index contributed by atoms with van der Waals surface area (Å²) in [5, 5.41) is 0.858. The quantitative estimate of drug-likeness (QED) is 0.535. The molecule has 4 aromatic rings. The summed E-state index contributed by atoms with van der Waals surface area (Å²) in [4.78, 5) is 16.3. The van der Waals surface area contributed by atoms with E-state index < -0.39 is 5.97 Å². The van der Waals surface area contributed by atoms with Crippen molar-refractivity contribution in [3.05, 3.63) is 66.2 Å². The Morgan fingerprint density at radius 2 is 1.77 bits per heavy atom. The maximum atomic E-state index is 12.0. The van der Waals surface area contributed by atoms with Crippen molar-refractivity contribution in [2.24, 2.45) is 0 Å². The molecule has 0 N–H and O–H groups in total. The van der Waals surface area contributed by atoms with Gasteiger partial charge < -0.3 is 13.6 Å². The van der Waals surface area contributed by atoms with Crippen LogP contribution in [0.4, 0.5) is 0 Å². The van der Waals surface area contributed by atoms with E-state index >= 15 is 0 Å². The average molecular weight is 293 g/mol. The molecule has 0 aliphatic carbocycles. The summed E-state index contributed by atoms with van der Waals surface area (Å²) in [5.41, 5.74) is 2.05. The van der Waals surface area contributed by atoms with Gasteiger partial charge in [-0.15, -0.1) is 0 Å². The number of fused-ring (bicyclic) bond motifs is 2. The monoisotopic (exact) mass is 293 g/mol. The minimum Gasteiger partial charge on any atom is -0.450 e. The Morgan fingerprint density at radius 1 is 1.00 bits per heavy atom. The van der Waals surface area contributed by atoms with Crippen LogP contribution < -0.4 is 0 Å². The second kappa shape index (κ2) is 5.04. The molecule has 0 saturated heterocycles. The molecule has 0 bridgehead atoms. The van der Waals surface area contributed by atoms with Gasteiger partial charge in [-0.1, -0.05) is 30.3 Å². The summed E-state index contributed by atoms with van der Waals surface area (Å²) >= 11 is 0. The first kappa shape index (κ1) is 12.6. The van der Waals surface area contributed by atoms with Crippen LogP contribution in [0, 0.1) is 0 Å². The zero-order valence-corrected chi connectivity index (χ0v) is 11.5. The SMILES string of the molecule is O=C(OCc1nc2ccccc2o1)c1cc2ccccc2o1. The maximum Gasteiger partial charge on any atom is 0.374 e. The molecule has 0 amide bonds. The van der Waals surface area contributed by atoms with Crippen LogP contribution in [0.25, 0.3) is 22.1 Å². The highest BCUT2D eigenvalue weighted by atomic mass is 16.6. The Hall–Kier alpha value is -3.08. The van der Waals surface area contributed by atoms with Crippen LogP contribution in [0.15, 0.2) is 63.4 Å². The molecule has 2 aromatic heterocycles. The van der Waals surface area contributed by atoms with E-state index in [1.54, 1.807) is 12.1 Å². The number of para-hydroxylation sites is 3. The van der Waals surface area contributed by atoms with Gasteiger partial charge in [-0.2, -0.15) is 0 Å². The van der Waals surface area contributed by atoms with Crippen molar-refractivity contribution < 1.29 is 18.4 Å². The van der Waals surface area contributed by atoms with Crippen molar-refractivity contribution in [1.82, 2.24) is 4.98 Å². The van der Waals surface area contributed by atoms with E-state index in [1.165, 1.54) is 0 Å². The van der Waals surface area contributed by atoms with Crippen LogP contribution in [0.5, 0.6) is 0 Å². The fraction of sp³-hybridized carbons (Fsp3) is 0.0588. The van der Waals surface area contributed by atoms with Gasteiger partial charge in [0.2, 0.25) is 11.7 Å². The molecule has 108 valence electrons. The lowest BCUT2D eigenvalue weighted by atomic mass is 10.2. The molecule has 0 saturated carbocycles. The molecular weight excluding hydrogens is 282 g/mol. The van der Waals surface area contributed by atoms with Gasteiger partial charge in [-0.25, -0.2) is 9.78 Å². The Bertz CT molecular complexity index is 901. The van der Waals surface area contributed by atoms with Gasteiger partial charge in [-0.3, -0.25) is 0 Å². The minimum atomic E-state index is -0.543. The van der Waals surface area contributed by atoms with Gasteiger partial charge in [-0.05, 0) is 24.3 Å². The molecule has 0 aliphatic rings. The van der Waals surface area contributed by atoms with Crippen molar-refractivity contribution in [3.8, 4) is 0 Å². The average Bonchev–Trinajstić information content (AvgIpc) is 3.15. The second-order valence-corrected chi connectivity index (χ2v) is 4.80. The molecule has 5 nitrogen and oxygen atoms in total. The van der Waals surface area contributed by atoms with Crippen LogP contribution >= 0.6 is 0 Å². The van der Waals surface area contributed by atoms with Gasteiger partial charge in [0.05, 0.1) is 0 Å². The number of rotatable bonds is 3. The van der Waals surface area contributed by atoms with Crippen LogP contribution in [0.1, 0.15) is 16.4 Å². The molecule has 0 fully saturated rings. The molecule has 0 spiro atoms. The van der Waals surface area contributed by atoms with E-state index in [-0.39, 0.29) is 12.4 Å². The number of carbonyl (C=O) groups is 1. The molecule has 0 unspecified atom stereocenters. The smallest absolute Gasteiger partial charge is 0.374 e. The van der Waals surface area contributed by atoms with E-state index in [2.05, 4.69) is 4.98 Å². The Morgan fingerprint density at radius 3 is 2.59 bits per heavy atom. The first-order valence-corrected chi connectivity index (χ1v) is 6.80. The zero-order chi connectivity index (χ0) is 14.9. The fourth-order valence-corrected chi connectivity index (χ4v) is 2.26. The summed E-state index contributed by atoms with van der Waals surface area (Å²) in [5.74, 6) is -0.0265. The van der Waals surface area contributed by atoms with Gasteiger partial charge in [0, 0.05) is 5.39 Å². The van der Waals surface area contributed by atoms with Crippen molar-refractivity contribution in [2.75, 3.05) is 0 Å². The van der Waals surface area contributed by atoms with Crippen molar-refractivity contribution in [1.29, 1.82) is 0 Å². The number of oxazole rings is 1. The van der Waals surface area contributed by atoms with Gasteiger partial charge >= 0.3 is 5.97 Å². The number of aromatic nitrogens is 1. The topological polar surface area (TPSA) is 65.5 Å². The highest BCUT2D eigenvalue weighted by molar-refractivity contribution is 5.92. The van der Waals surface area contributed by atoms with E-state index in [9.17, 15) is 4.79 Å². The first-order chi connectivity index (χ1) is 10.8. The molecule has 0 aliphatic heterocycles. The van der Waals surface area contributed by atoms with Gasteiger partial charge in [0.15, 0.2) is 12.2 Å². The number of carbonyl (C=O) groups excluding carboxylic acids is 1. The minimum absolute atomic E-state index is 0.0371. The molecule has 0 radical (unpaired) electrons. The standard InChI is InChI=1S/C17H11NO4/c19-17(15-9-11-5-1-3-7-13(11)21-15)20-10-16-18-12-6-2-4-8-14(12)22-16/h1-9H,10H2. The van der Waals surface area contributed by atoms with Crippen LogP contribution in [0.2, 0.25) is 0 Å². The second-order valence-electron chi connectivity index (χ2n) is 4.80. The lowest BCUT2D eigenvalue weighted by molar-refractivity contribution is 0.0406. The molecule has 0 atom stereocenters. The van der Waals surface area contributed by atoms with Crippen molar-refractivity contribution >= 4 is 28.0 Å². The van der Waals surface area contributed by atoms with Crippen LogP contribution in [-0.2, 0) is 11.3 Å². The third-order valence-electron chi connectivity index (χ3n) is 3.29. The lowest BCUT2D eigenvalue weighted by Gasteiger charge is -1.98. The Balaban J connectivity index is 1.51. The summed E-state index contributed by atoms with van der Waals surface area (Å²) in [6, 6.07) is 16.4. The number of esters is 1. The highest BCUT2D eigenvalue weighted by Crippen LogP contribution is 2.20. The normalized spacial score (nSPS) is 11.1. The predicted molar refractivity (Wildman–Crippen MR) is 79.3 cm³/mol. The molecular formula is C17H11NO4. The largest absolute Gasteiger partial charge is 0.450 e. The number of ether oxygens (including phenoxy) is 1. The summed E-state index contributed by atoms with van der Waals surface area (Å²) in [6.45, 7) is -0.0371. The number of nitrogens with zero attached hydrogens (tertiary/aromatic N) is 1.